The quantitative estimate of drug-likeness (QED) is 0.165. The number of aromatic nitrogens is 2. The first kappa shape index (κ1) is 30.7. The van der Waals surface area contributed by atoms with Crippen LogP contribution in [-0.2, 0) is 26.5 Å². The van der Waals surface area contributed by atoms with Crippen molar-refractivity contribution in [3.8, 4) is 17.3 Å². The third kappa shape index (κ3) is 5.06. The first-order chi connectivity index (χ1) is 27.5. The van der Waals surface area contributed by atoms with E-state index in [1.165, 1.54) is 32.7 Å². The number of anilines is 3. The molecule has 0 saturated heterocycles. The maximum Gasteiger partial charge on any atom is 0.135 e. The number of fused-ring (bicyclic) bond motifs is 4. The summed E-state index contributed by atoms with van der Waals surface area (Å²) in [6.45, 7) is 5.94. The van der Waals surface area contributed by atoms with E-state index < -0.39 is 6.98 Å². The number of hydrogen-bond acceptors (Lipinski definition) is 4. The van der Waals surface area contributed by atoms with Gasteiger partial charge in [0.2, 0.25) is 0 Å². The van der Waals surface area contributed by atoms with Gasteiger partial charge in [-0.25, -0.2) is 4.98 Å². The number of para-hydroxylation sites is 3. The molecule has 3 heterocycles. The van der Waals surface area contributed by atoms with Crippen molar-refractivity contribution in [2.24, 2.45) is 0 Å². The topological polar surface area (TPSA) is 33.5 Å². The number of ether oxygens (including phenoxy) is 1. The van der Waals surface area contributed by atoms with Crippen LogP contribution in [0, 0.1) is 18.8 Å². The zero-order valence-corrected chi connectivity index (χ0v) is 32.7. The Morgan fingerprint density at radius 1 is 0.691 bits per heavy atom. The molecule has 0 radical (unpaired) electrons. The minimum Gasteiger partial charge on any atom is -0.509 e. The Hall–Kier alpha value is -5.64. The number of hydrogen-bond donors (Lipinski definition) is 0. The molecule has 272 valence electrons. The minimum atomic E-state index is -2.39. The summed E-state index contributed by atoms with van der Waals surface area (Å²) in [7, 11) is 0. The first-order valence-electron chi connectivity index (χ1n) is 20.0. The van der Waals surface area contributed by atoms with Crippen LogP contribution in [0.25, 0.3) is 27.6 Å². The van der Waals surface area contributed by atoms with Crippen molar-refractivity contribution in [3.05, 3.63) is 191 Å². The Bertz CT molecular complexity index is 2900. The number of pyridine rings is 1. The standard InChI is InChI=1S/C49H37N4O.Pt/c1-49(2,3)30-23-24-50-45(25-30)53-40-18-10-9-13-33(40)34-22-21-31(27-43(34)53)54-32-26-39-46-35-14-5-7-16-37(35)47(38-17-8-6-15-36(38)46)48(39)44(28-32)52-29-51(4)41-19-11-12-20-42(41)52;/h5-26,29,46-47H,1-4H3;/q-3;/i4D3;. The van der Waals surface area contributed by atoms with Gasteiger partial charge in [-0.2, -0.15) is 12.7 Å². The van der Waals surface area contributed by atoms with Crippen molar-refractivity contribution in [3.63, 3.8) is 0 Å². The Labute approximate surface area is 340 Å². The molecule has 8 aromatic rings. The zero-order valence-electron chi connectivity index (χ0n) is 33.4. The molecule has 0 amide bonds. The van der Waals surface area contributed by atoms with Crippen LogP contribution in [0.3, 0.4) is 0 Å². The molecule has 0 N–H and O–H groups in total. The van der Waals surface area contributed by atoms with E-state index in [0.717, 1.165) is 50.1 Å². The van der Waals surface area contributed by atoms with Crippen LogP contribution < -0.4 is 14.5 Å². The van der Waals surface area contributed by atoms with Crippen molar-refractivity contribution >= 4 is 38.9 Å². The smallest absolute Gasteiger partial charge is 0.135 e. The maximum absolute atomic E-state index is 8.45. The number of rotatable bonds is 4. The Morgan fingerprint density at radius 3 is 2.09 bits per heavy atom. The molecule has 2 aromatic heterocycles. The van der Waals surface area contributed by atoms with Gasteiger partial charge in [-0.3, -0.25) is 0 Å². The number of benzene rings is 6. The van der Waals surface area contributed by atoms with E-state index >= 15 is 0 Å². The van der Waals surface area contributed by atoms with Crippen molar-refractivity contribution in [1.82, 2.24) is 9.55 Å². The van der Waals surface area contributed by atoms with Crippen LogP contribution in [0.15, 0.2) is 134 Å². The molecule has 0 fully saturated rings. The second-order valence-corrected chi connectivity index (χ2v) is 15.5. The normalized spacial score (nSPS) is 17.5. The van der Waals surface area contributed by atoms with E-state index in [0.29, 0.717) is 17.2 Å². The zero-order chi connectivity index (χ0) is 38.8. The van der Waals surface area contributed by atoms with Crippen LogP contribution in [0.4, 0.5) is 17.1 Å². The van der Waals surface area contributed by atoms with Crippen LogP contribution in [0.2, 0.25) is 0 Å². The third-order valence-corrected chi connectivity index (χ3v) is 11.4. The fourth-order valence-corrected chi connectivity index (χ4v) is 9.00. The molecule has 6 aromatic carbocycles. The Kier molecular flexibility index (Phi) is 6.94. The van der Waals surface area contributed by atoms with E-state index in [-0.39, 0.29) is 38.3 Å². The van der Waals surface area contributed by atoms with E-state index in [2.05, 4.69) is 135 Å². The SMILES string of the molecule is [2H]C([2H])([2H])N1[CH-]N(c2[c-]c(Oc3[c-]c4c(cc3)c3ccccc3n4-c3cc(C(C)(C)C)ccn3)cc3c2C2c4ccccc4C3c3ccccc32)c2ccccc21.[Pt]. The molecule has 4 aliphatic rings. The molecular weight excluding hydrogens is 856 g/mol. The van der Waals surface area contributed by atoms with Gasteiger partial charge in [-0.15, -0.1) is 40.8 Å². The summed E-state index contributed by atoms with van der Waals surface area (Å²) in [5, 5.41) is 2.16. The van der Waals surface area contributed by atoms with E-state index in [1.54, 1.807) is 6.67 Å². The summed E-state index contributed by atoms with van der Waals surface area (Å²) >= 11 is 0. The molecule has 0 saturated carbocycles. The van der Waals surface area contributed by atoms with Gasteiger partial charge in [0.05, 0.1) is 0 Å². The van der Waals surface area contributed by atoms with Gasteiger partial charge in [0.1, 0.15) is 5.82 Å². The molecule has 5 nitrogen and oxygen atoms in total. The van der Waals surface area contributed by atoms with Crippen molar-refractivity contribution in [2.75, 3.05) is 16.8 Å². The predicted octanol–water partition coefficient (Wildman–Crippen LogP) is 11.6. The van der Waals surface area contributed by atoms with Crippen molar-refractivity contribution < 1.29 is 29.9 Å². The molecule has 0 spiro atoms. The summed E-state index contributed by atoms with van der Waals surface area (Å²) in [6, 6.07) is 51.2. The van der Waals surface area contributed by atoms with Gasteiger partial charge in [-0.05, 0) is 81.8 Å². The second-order valence-electron chi connectivity index (χ2n) is 15.5. The molecular formula is C49H37N4OPt-3. The summed E-state index contributed by atoms with van der Waals surface area (Å²) < 4.78 is 34.4. The van der Waals surface area contributed by atoms with Crippen LogP contribution in [0.5, 0.6) is 11.5 Å². The number of nitrogens with zero attached hydrogens (tertiary/aromatic N) is 4. The summed E-state index contributed by atoms with van der Waals surface area (Å²) in [5.41, 5.74) is 12.5. The minimum absolute atomic E-state index is 0. The van der Waals surface area contributed by atoms with E-state index in [9.17, 15) is 0 Å². The first-order valence-corrected chi connectivity index (χ1v) is 18.5. The summed E-state index contributed by atoms with van der Waals surface area (Å²) in [5.74, 6) is 1.77. The molecule has 55 heavy (non-hydrogen) atoms. The van der Waals surface area contributed by atoms with Gasteiger partial charge in [-0.1, -0.05) is 111 Å². The van der Waals surface area contributed by atoms with Crippen molar-refractivity contribution in [1.29, 1.82) is 0 Å². The largest absolute Gasteiger partial charge is 0.509 e. The van der Waals surface area contributed by atoms with Gasteiger partial charge < -0.3 is 19.1 Å². The van der Waals surface area contributed by atoms with Gasteiger partial charge in [0, 0.05) is 65.7 Å². The molecule has 2 bridgehead atoms. The average Bonchev–Trinajstić information content (AvgIpc) is 3.77. The summed E-state index contributed by atoms with van der Waals surface area (Å²) in [4.78, 5) is 8.22. The Morgan fingerprint density at radius 2 is 1.36 bits per heavy atom. The monoisotopic (exact) mass is 895 g/mol. The summed E-state index contributed by atoms with van der Waals surface area (Å²) in [6.07, 6.45) is 1.88. The van der Waals surface area contributed by atoms with Gasteiger partial charge in [0.15, 0.2) is 0 Å². The maximum atomic E-state index is 8.45. The molecule has 12 rings (SSSR count). The van der Waals surface area contributed by atoms with E-state index in [4.69, 9.17) is 13.8 Å². The average molecular weight is 896 g/mol. The second kappa shape index (κ2) is 12.4. The fourth-order valence-electron chi connectivity index (χ4n) is 9.00. The van der Waals surface area contributed by atoms with Crippen LogP contribution in [-0.4, -0.2) is 16.5 Å². The van der Waals surface area contributed by atoms with Gasteiger partial charge in [0.25, 0.3) is 0 Å². The Balaban J connectivity index is 0.00000408. The molecule has 3 aliphatic carbocycles. The third-order valence-electron chi connectivity index (χ3n) is 11.4. The van der Waals surface area contributed by atoms with Crippen LogP contribution >= 0.6 is 0 Å². The molecule has 0 unspecified atom stereocenters. The molecule has 6 heteroatoms. The van der Waals surface area contributed by atoms with E-state index in [1.807, 2.05) is 41.4 Å². The molecule has 0 atom stereocenters. The fraction of sp³-hybridized carbons (Fsp3) is 0.143. The predicted molar refractivity (Wildman–Crippen MR) is 218 cm³/mol. The van der Waals surface area contributed by atoms with Crippen molar-refractivity contribution in [2.45, 2.75) is 38.0 Å². The molecule has 1 aliphatic heterocycles. The van der Waals surface area contributed by atoms with Crippen LogP contribution in [0.1, 0.15) is 75.7 Å². The van der Waals surface area contributed by atoms with Gasteiger partial charge >= 0.3 is 0 Å².